The van der Waals surface area contributed by atoms with Crippen molar-refractivity contribution in [2.45, 2.75) is 6.29 Å². The van der Waals surface area contributed by atoms with Crippen molar-refractivity contribution in [2.24, 2.45) is 0 Å². The minimum absolute atomic E-state index is 0.0555. The van der Waals surface area contributed by atoms with Crippen LogP contribution in [0, 0.1) is 0 Å². The fourth-order valence-corrected chi connectivity index (χ4v) is 7.51. The average molecular weight is 581 g/mol. The molecule has 7 heteroatoms. The minimum atomic E-state index is -0.0555. The van der Waals surface area contributed by atoms with Gasteiger partial charge in [0, 0.05) is 16.5 Å². The van der Waals surface area contributed by atoms with Crippen LogP contribution in [-0.2, 0) is 0 Å². The van der Waals surface area contributed by atoms with Crippen LogP contribution >= 0.6 is 0 Å². The number of rotatable bonds is 2. The number of anilines is 5. The molecule has 0 aliphatic carbocycles. The first kappa shape index (κ1) is 23.3. The van der Waals surface area contributed by atoms with Gasteiger partial charge >= 0.3 is 0 Å². The van der Waals surface area contributed by atoms with Gasteiger partial charge in [0.2, 0.25) is 5.78 Å². The van der Waals surface area contributed by atoms with Gasteiger partial charge in [0.25, 0.3) is 0 Å². The topological polar surface area (TPSA) is 53.9 Å². The van der Waals surface area contributed by atoms with Crippen LogP contribution in [0.3, 0.4) is 0 Å². The molecule has 1 N–H and O–H groups in total. The molecule has 1 unspecified atom stereocenters. The summed E-state index contributed by atoms with van der Waals surface area (Å²) in [6.45, 7) is 0. The number of imidazole rings is 2. The Morgan fingerprint density at radius 3 is 2.00 bits per heavy atom. The molecule has 6 aromatic carbocycles. The van der Waals surface area contributed by atoms with Gasteiger partial charge in [0.15, 0.2) is 6.29 Å². The second-order valence-electron chi connectivity index (χ2n) is 11.8. The van der Waals surface area contributed by atoms with Crippen molar-refractivity contribution >= 4 is 78.2 Å². The van der Waals surface area contributed by atoms with Crippen molar-refractivity contribution in [1.29, 1.82) is 0 Å². The molecule has 0 spiro atoms. The van der Waals surface area contributed by atoms with Crippen molar-refractivity contribution in [2.75, 3.05) is 15.1 Å². The molecule has 0 saturated carbocycles. The number of nitrogens with one attached hydrogen (secondary N) is 1. The molecule has 0 bridgehead atoms. The SMILES string of the molecule is c1ccc2c(c1)NC1N(c3ccc4oc5ccc(-n6c7ccccc7n7c8ccccc8nc67)cc5c4c3)c3ccccc3N21. The van der Waals surface area contributed by atoms with Gasteiger partial charge in [-0.15, -0.1) is 0 Å². The van der Waals surface area contributed by atoms with Crippen molar-refractivity contribution in [3.8, 4) is 5.69 Å². The van der Waals surface area contributed by atoms with Crippen LogP contribution in [0.15, 0.2) is 138 Å². The lowest BCUT2D eigenvalue weighted by molar-refractivity contribution is 0.668. The molecule has 0 saturated heterocycles. The molecule has 7 nitrogen and oxygen atoms in total. The molecule has 5 heterocycles. The van der Waals surface area contributed by atoms with Crippen molar-refractivity contribution in [3.63, 3.8) is 0 Å². The summed E-state index contributed by atoms with van der Waals surface area (Å²) in [4.78, 5) is 9.85. The Balaban J connectivity index is 1.12. The highest BCUT2D eigenvalue weighted by Gasteiger charge is 2.42. The van der Waals surface area contributed by atoms with E-state index in [0.717, 1.165) is 66.8 Å². The summed E-state index contributed by atoms with van der Waals surface area (Å²) in [5.74, 6) is 0.894. The van der Waals surface area contributed by atoms with Gasteiger partial charge in [-0.05, 0) is 84.9 Å². The van der Waals surface area contributed by atoms with Crippen LogP contribution in [0.1, 0.15) is 0 Å². The van der Waals surface area contributed by atoms with E-state index in [-0.39, 0.29) is 6.29 Å². The van der Waals surface area contributed by atoms with E-state index in [9.17, 15) is 0 Å². The summed E-state index contributed by atoms with van der Waals surface area (Å²) in [6, 6.07) is 46.9. The van der Waals surface area contributed by atoms with Crippen LogP contribution < -0.4 is 15.1 Å². The summed E-state index contributed by atoms with van der Waals surface area (Å²) in [6.07, 6.45) is -0.0555. The van der Waals surface area contributed by atoms with Gasteiger partial charge < -0.3 is 14.6 Å². The fraction of sp³-hybridized carbons (Fsp3) is 0.0263. The van der Waals surface area contributed by atoms with E-state index in [2.05, 4.69) is 151 Å². The third-order valence-electron chi connectivity index (χ3n) is 9.42. The molecule has 212 valence electrons. The van der Waals surface area contributed by atoms with Crippen LogP contribution in [0.5, 0.6) is 0 Å². The van der Waals surface area contributed by atoms with Crippen molar-refractivity contribution in [1.82, 2.24) is 14.0 Å². The molecule has 11 rings (SSSR count). The Morgan fingerprint density at radius 1 is 0.556 bits per heavy atom. The van der Waals surface area contributed by atoms with Crippen LogP contribution in [0.4, 0.5) is 28.4 Å². The Kier molecular flexibility index (Phi) is 4.26. The number of furan rings is 1. The maximum Gasteiger partial charge on any atom is 0.220 e. The van der Waals surface area contributed by atoms with Crippen molar-refractivity contribution in [3.05, 3.63) is 133 Å². The largest absolute Gasteiger partial charge is 0.456 e. The van der Waals surface area contributed by atoms with E-state index in [1.165, 1.54) is 17.1 Å². The Morgan fingerprint density at radius 2 is 1.18 bits per heavy atom. The van der Waals surface area contributed by atoms with Crippen LogP contribution in [0.2, 0.25) is 0 Å². The zero-order valence-corrected chi connectivity index (χ0v) is 23.9. The minimum Gasteiger partial charge on any atom is -0.456 e. The zero-order chi connectivity index (χ0) is 29.2. The molecular formula is C38H24N6O. The average Bonchev–Trinajstić information content (AvgIpc) is 3.87. The standard InChI is InChI=1S/C38H24N6O/c1-3-11-29-27(9-1)39-37-41(31-13-5-7-15-33(31)43(29)37)23-17-19-35-25(21-23)26-22-24(18-20-36(26)45-35)42-32-14-6-8-16-34(32)44-30-12-4-2-10-28(30)40-38(42)44/h1-22,37,39H. The lowest BCUT2D eigenvalue weighted by Gasteiger charge is -2.27. The van der Waals surface area contributed by atoms with Gasteiger partial charge in [-0.1, -0.05) is 48.5 Å². The van der Waals surface area contributed by atoms with E-state index < -0.39 is 0 Å². The molecule has 2 aliphatic rings. The Bertz CT molecular complexity index is 2680. The second kappa shape index (κ2) is 8.24. The predicted molar refractivity (Wildman–Crippen MR) is 181 cm³/mol. The fourth-order valence-electron chi connectivity index (χ4n) is 7.51. The highest BCUT2D eigenvalue weighted by atomic mass is 16.3. The molecule has 1 atom stereocenters. The van der Waals surface area contributed by atoms with E-state index in [0.29, 0.717) is 0 Å². The molecular weight excluding hydrogens is 556 g/mol. The Hall–Kier alpha value is -6.21. The summed E-state index contributed by atoms with van der Waals surface area (Å²) in [7, 11) is 0. The first-order chi connectivity index (χ1) is 22.3. The molecule has 45 heavy (non-hydrogen) atoms. The molecule has 0 amide bonds. The quantitative estimate of drug-likeness (QED) is 0.221. The summed E-state index contributed by atoms with van der Waals surface area (Å²) in [5.41, 5.74) is 12.9. The molecule has 0 radical (unpaired) electrons. The summed E-state index contributed by atoms with van der Waals surface area (Å²) >= 11 is 0. The number of para-hydroxylation sites is 8. The smallest absolute Gasteiger partial charge is 0.220 e. The third kappa shape index (κ3) is 2.96. The maximum absolute atomic E-state index is 6.40. The summed E-state index contributed by atoms with van der Waals surface area (Å²) in [5, 5.41) is 5.91. The maximum atomic E-state index is 6.40. The molecule has 2 aliphatic heterocycles. The highest BCUT2D eigenvalue weighted by molar-refractivity contribution is 6.08. The first-order valence-corrected chi connectivity index (χ1v) is 15.2. The highest BCUT2D eigenvalue weighted by Crippen LogP contribution is 2.53. The van der Waals surface area contributed by atoms with E-state index in [1.54, 1.807) is 0 Å². The monoisotopic (exact) mass is 580 g/mol. The van der Waals surface area contributed by atoms with Crippen LogP contribution in [0.25, 0.3) is 55.5 Å². The van der Waals surface area contributed by atoms with Gasteiger partial charge in [0.1, 0.15) is 11.2 Å². The van der Waals surface area contributed by atoms with E-state index >= 15 is 0 Å². The second-order valence-corrected chi connectivity index (χ2v) is 11.8. The first-order valence-electron chi connectivity index (χ1n) is 15.2. The normalized spacial score (nSPS) is 15.4. The third-order valence-corrected chi connectivity index (χ3v) is 9.42. The predicted octanol–water partition coefficient (Wildman–Crippen LogP) is 9.33. The van der Waals surface area contributed by atoms with Gasteiger partial charge in [-0.2, -0.15) is 0 Å². The number of nitrogens with zero attached hydrogens (tertiary/aromatic N) is 5. The lowest BCUT2D eigenvalue weighted by Crippen LogP contribution is -2.40. The summed E-state index contributed by atoms with van der Waals surface area (Å²) < 4.78 is 10.9. The number of hydrogen-bond donors (Lipinski definition) is 1. The van der Waals surface area contributed by atoms with E-state index in [4.69, 9.17) is 9.40 Å². The number of benzene rings is 6. The molecule has 0 fully saturated rings. The molecule has 9 aromatic rings. The van der Waals surface area contributed by atoms with Gasteiger partial charge in [0.05, 0.1) is 50.5 Å². The van der Waals surface area contributed by atoms with Gasteiger partial charge in [-0.3, -0.25) is 13.9 Å². The number of hydrogen-bond acceptors (Lipinski definition) is 5. The Labute approximate surface area is 256 Å². The van der Waals surface area contributed by atoms with Crippen molar-refractivity contribution < 1.29 is 4.42 Å². The number of aromatic nitrogens is 3. The number of fused-ring (bicyclic) bond motifs is 13. The van der Waals surface area contributed by atoms with E-state index in [1.807, 2.05) is 6.07 Å². The zero-order valence-electron chi connectivity index (χ0n) is 23.9. The lowest BCUT2D eigenvalue weighted by atomic mass is 10.1. The van der Waals surface area contributed by atoms with Gasteiger partial charge in [-0.25, -0.2) is 4.98 Å². The molecule has 3 aromatic heterocycles. The van der Waals surface area contributed by atoms with Crippen LogP contribution in [-0.4, -0.2) is 20.2 Å².